The van der Waals surface area contributed by atoms with Crippen LogP contribution in [0.15, 0.2) is 30.3 Å². The van der Waals surface area contributed by atoms with Crippen molar-refractivity contribution in [3.63, 3.8) is 0 Å². The molecule has 1 saturated heterocycles. The fraction of sp³-hybridized carbons (Fsp3) is 0.533. The molecule has 0 amide bonds. The first-order chi connectivity index (χ1) is 9.20. The molecule has 4 heteroatoms. The van der Waals surface area contributed by atoms with Crippen LogP contribution >= 0.6 is 0 Å². The van der Waals surface area contributed by atoms with Crippen LogP contribution in [0.3, 0.4) is 0 Å². The minimum Gasteiger partial charge on any atom is -0.466 e. The number of carbonyl (C=O) groups is 1. The standard InChI is InChI=1S/C15H22N2O2/c1-2-19-15(18)13-8-9-17(14(16)10-13)11-12-6-4-3-5-7-12/h3-7,13-14H,2,8-11,16H2,1H3. The molecule has 0 aromatic heterocycles. The first-order valence-electron chi connectivity index (χ1n) is 6.91. The Bertz CT molecular complexity index is 408. The lowest BCUT2D eigenvalue weighted by atomic mass is 9.94. The maximum absolute atomic E-state index is 11.7. The molecule has 0 spiro atoms. The number of benzene rings is 1. The molecule has 104 valence electrons. The molecule has 0 radical (unpaired) electrons. The van der Waals surface area contributed by atoms with Crippen LogP contribution in [0.25, 0.3) is 0 Å². The maximum atomic E-state index is 11.7. The van der Waals surface area contributed by atoms with Crippen molar-refractivity contribution in [2.24, 2.45) is 11.7 Å². The molecule has 1 aliphatic rings. The van der Waals surface area contributed by atoms with Gasteiger partial charge in [0.25, 0.3) is 0 Å². The van der Waals surface area contributed by atoms with Gasteiger partial charge < -0.3 is 10.5 Å². The lowest BCUT2D eigenvalue weighted by Gasteiger charge is -2.36. The number of nitrogens with zero attached hydrogens (tertiary/aromatic N) is 1. The van der Waals surface area contributed by atoms with Gasteiger partial charge in [-0.1, -0.05) is 30.3 Å². The third-order valence-corrected chi connectivity index (χ3v) is 3.61. The summed E-state index contributed by atoms with van der Waals surface area (Å²) in [5, 5.41) is 0. The maximum Gasteiger partial charge on any atom is 0.309 e. The van der Waals surface area contributed by atoms with E-state index < -0.39 is 0 Å². The predicted octanol–water partition coefficient (Wildman–Crippen LogP) is 1.75. The monoisotopic (exact) mass is 262 g/mol. The molecule has 1 aromatic rings. The molecule has 1 aromatic carbocycles. The second-order valence-electron chi connectivity index (χ2n) is 5.00. The van der Waals surface area contributed by atoms with Crippen LogP contribution in [0.1, 0.15) is 25.3 Å². The van der Waals surface area contributed by atoms with Crippen LogP contribution in [-0.2, 0) is 16.1 Å². The van der Waals surface area contributed by atoms with Crippen LogP contribution in [0, 0.1) is 5.92 Å². The van der Waals surface area contributed by atoms with Gasteiger partial charge in [0.15, 0.2) is 0 Å². The van der Waals surface area contributed by atoms with Crippen molar-refractivity contribution in [2.75, 3.05) is 13.2 Å². The molecular weight excluding hydrogens is 240 g/mol. The molecule has 0 aliphatic carbocycles. The van der Waals surface area contributed by atoms with E-state index in [-0.39, 0.29) is 18.1 Å². The van der Waals surface area contributed by atoms with Crippen molar-refractivity contribution < 1.29 is 9.53 Å². The average Bonchev–Trinajstić information content (AvgIpc) is 2.42. The summed E-state index contributed by atoms with van der Waals surface area (Å²) in [6, 6.07) is 10.3. The number of nitrogens with two attached hydrogens (primary N) is 1. The summed E-state index contributed by atoms with van der Waals surface area (Å²) >= 11 is 0. The number of piperidine rings is 1. The third-order valence-electron chi connectivity index (χ3n) is 3.61. The summed E-state index contributed by atoms with van der Waals surface area (Å²) in [5.74, 6) is -0.140. The molecule has 2 unspecified atom stereocenters. The van der Waals surface area contributed by atoms with Gasteiger partial charge in [0.2, 0.25) is 0 Å². The number of carbonyl (C=O) groups excluding carboxylic acids is 1. The minimum absolute atomic E-state index is 0.0398. The Hall–Kier alpha value is -1.39. The number of ether oxygens (including phenoxy) is 1. The Labute approximate surface area is 114 Å². The highest BCUT2D eigenvalue weighted by Gasteiger charge is 2.30. The van der Waals surface area contributed by atoms with E-state index in [0.29, 0.717) is 13.0 Å². The molecule has 0 bridgehead atoms. The Kier molecular flexibility index (Phi) is 4.93. The fourth-order valence-corrected chi connectivity index (χ4v) is 2.53. The van der Waals surface area contributed by atoms with E-state index in [1.165, 1.54) is 5.56 Å². The number of esters is 1. The zero-order chi connectivity index (χ0) is 13.7. The predicted molar refractivity (Wildman–Crippen MR) is 74.2 cm³/mol. The lowest BCUT2D eigenvalue weighted by molar-refractivity contribution is -0.150. The average molecular weight is 262 g/mol. The van der Waals surface area contributed by atoms with Gasteiger partial charge in [0.05, 0.1) is 18.7 Å². The summed E-state index contributed by atoms with van der Waals surface area (Å²) in [6.07, 6.45) is 1.45. The largest absolute Gasteiger partial charge is 0.466 e. The van der Waals surface area contributed by atoms with Gasteiger partial charge in [-0.2, -0.15) is 0 Å². The van der Waals surface area contributed by atoms with E-state index >= 15 is 0 Å². The minimum atomic E-state index is -0.0997. The van der Waals surface area contributed by atoms with Crippen LogP contribution in [0.5, 0.6) is 0 Å². The van der Waals surface area contributed by atoms with Gasteiger partial charge in [-0.3, -0.25) is 9.69 Å². The van der Waals surface area contributed by atoms with Gasteiger partial charge in [0.1, 0.15) is 0 Å². The van der Waals surface area contributed by atoms with Gasteiger partial charge >= 0.3 is 5.97 Å². The van der Waals surface area contributed by atoms with Crippen molar-refractivity contribution in [1.82, 2.24) is 4.90 Å². The normalized spacial score (nSPS) is 24.1. The molecule has 2 N–H and O–H groups in total. The smallest absolute Gasteiger partial charge is 0.309 e. The van der Waals surface area contributed by atoms with Crippen LogP contribution in [-0.4, -0.2) is 30.2 Å². The van der Waals surface area contributed by atoms with Crippen molar-refractivity contribution in [3.05, 3.63) is 35.9 Å². The highest BCUT2D eigenvalue weighted by atomic mass is 16.5. The molecule has 1 fully saturated rings. The van der Waals surface area contributed by atoms with Crippen molar-refractivity contribution in [3.8, 4) is 0 Å². The zero-order valence-electron chi connectivity index (χ0n) is 11.4. The van der Waals surface area contributed by atoms with E-state index in [1.807, 2.05) is 25.1 Å². The van der Waals surface area contributed by atoms with Gasteiger partial charge in [-0.15, -0.1) is 0 Å². The Morgan fingerprint density at radius 1 is 1.42 bits per heavy atom. The number of likely N-dealkylation sites (tertiary alicyclic amines) is 1. The quantitative estimate of drug-likeness (QED) is 0.840. The van der Waals surface area contributed by atoms with Crippen molar-refractivity contribution in [1.29, 1.82) is 0 Å². The Morgan fingerprint density at radius 3 is 2.79 bits per heavy atom. The van der Waals surface area contributed by atoms with Gasteiger partial charge in [0, 0.05) is 13.1 Å². The highest BCUT2D eigenvalue weighted by Crippen LogP contribution is 2.23. The first kappa shape index (κ1) is 14.0. The molecule has 1 heterocycles. The summed E-state index contributed by atoms with van der Waals surface area (Å²) in [5.41, 5.74) is 7.43. The molecular formula is C15H22N2O2. The van der Waals surface area contributed by atoms with Crippen LogP contribution < -0.4 is 5.73 Å². The summed E-state index contributed by atoms with van der Waals surface area (Å²) < 4.78 is 5.07. The second-order valence-corrected chi connectivity index (χ2v) is 5.00. The second kappa shape index (κ2) is 6.68. The zero-order valence-corrected chi connectivity index (χ0v) is 11.4. The molecule has 2 atom stereocenters. The number of hydrogen-bond acceptors (Lipinski definition) is 4. The highest BCUT2D eigenvalue weighted by molar-refractivity contribution is 5.72. The van der Waals surface area contributed by atoms with E-state index in [0.717, 1.165) is 19.5 Å². The van der Waals surface area contributed by atoms with Crippen LogP contribution in [0.4, 0.5) is 0 Å². The molecule has 0 saturated carbocycles. The summed E-state index contributed by atoms with van der Waals surface area (Å²) in [6.45, 7) is 3.97. The first-order valence-corrected chi connectivity index (χ1v) is 6.91. The molecule has 4 nitrogen and oxygen atoms in total. The molecule has 1 aliphatic heterocycles. The van der Waals surface area contributed by atoms with Crippen molar-refractivity contribution in [2.45, 2.75) is 32.5 Å². The fourth-order valence-electron chi connectivity index (χ4n) is 2.53. The van der Waals surface area contributed by atoms with Crippen molar-refractivity contribution >= 4 is 5.97 Å². The van der Waals surface area contributed by atoms with Gasteiger partial charge in [-0.25, -0.2) is 0 Å². The van der Waals surface area contributed by atoms with E-state index in [9.17, 15) is 4.79 Å². The Morgan fingerprint density at radius 2 is 2.16 bits per heavy atom. The topological polar surface area (TPSA) is 55.6 Å². The number of hydrogen-bond donors (Lipinski definition) is 1. The van der Waals surface area contributed by atoms with Crippen LogP contribution in [0.2, 0.25) is 0 Å². The van der Waals surface area contributed by atoms with E-state index in [4.69, 9.17) is 10.5 Å². The lowest BCUT2D eigenvalue weighted by Crippen LogP contribution is -2.48. The van der Waals surface area contributed by atoms with E-state index in [1.54, 1.807) is 0 Å². The number of rotatable bonds is 4. The van der Waals surface area contributed by atoms with E-state index in [2.05, 4.69) is 17.0 Å². The summed E-state index contributed by atoms with van der Waals surface area (Å²) in [7, 11) is 0. The SMILES string of the molecule is CCOC(=O)C1CCN(Cc2ccccc2)C(N)C1. The molecule has 19 heavy (non-hydrogen) atoms. The Balaban J connectivity index is 1.88. The molecule has 2 rings (SSSR count). The third kappa shape index (κ3) is 3.78. The van der Waals surface area contributed by atoms with Gasteiger partial charge in [-0.05, 0) is 25.3 Å². The summed E-state index contributed by atoms with van der Waals surface area (Å²) in [4.78, 5) is 13.9.